The number of rotatable bonds is 6. The number of alkyl halides is 1. The lowest BCUT2D eigenvalue weighted by Crippen LogP contribution is -2.13. The molecule has 0 saturated carbocycles. The third-order valence-corrected chi connectivity index (χ3v) is 2.37. The number of hydrogen-bond donors (Lipinski definition) is 0. The van der Waals surface area contributed by atoms with Crippen LogP contribution in [0.5, 0.6) is 0 Å². The van der Waals surface area contributed by atoms with Gasteiger partial charge < -0.3 is 4.74 Å². The minimum atomic E-state index is 0.278. The van der Waals surface area contributed by atoms with Crippen LogP contribution >= 0.6 is 11.6 Å². The molecule has 0 aliphatic carbocycles. The highest BCUT2D eigenvalue weighted by Crippen LogP contribution is 2.17. The maximum absolute atomic E-state index is 5.97. The zero-order valence-corrected chi connectivity index (χ0v) is 8.53. The molecule has 0 radical (unpaired) electrons. The van der Waals surface area contributed by atoms with Crippen molar-refractivity contribution in [3.8, 4) is 0 Å². The highest BCUT2D eigenvalue weighted by molar-refractivity contribution is 6.20. The molecule has 0 spiro atoms. The third kappa shape index (κ3) is 5.51. The summed E-state index contributed by atoms with van der Waals surface area (Å²) in [6, 6.07) is 0. The maximum atomic E-state index is 5.97. The first-order chi connectivity index (χ1) is 5.22. The Bertz CT molecular complexity index is 83.6. The molecule has 0 aromatic carbocycles. The van der Waals surface area contributed by atoms with Gasteiger partial charge in [-0.2, -0.15) is 0 Å². The molecule has 0 aliphatic heterocycles. The molecule has 0 amide bonds. The Labute approximate surface area is 75.1 Å². The van der Waals surface area contributed by atoms with Crippen LogP contribution in [0.15, 0.2) is 0 Å². The summed E-state index contributed by atoms with van der Waals surface area (Å²) < 4.78 is 5.26. The number of ether oxygens (including phenoxy) is 1. The van der Waals surface area contributed by atoms with Crippen LogP contribution in [0.2, 0.25) is 0 Å². The molecule has 0 aliphatic rings. The second-order valence-electron chi connectivity index (χ2n) is 2.83. The van der Waals surface area contributed by atoms with E-state index >= 15 is 0 Å². The fourth-order valence-electron chi connectivity index (χ4n) is 1.14. The van der Waals surface area contributed by atoms with Crippen molar-refractivity contribution in [2.75, 3.05) is 13.2 Å². The van der Waals surface area contributed by atoms with Gasteiger partial charge in [0.25, 0.3) is 0 Å². The molecule has 0 aromatic rings. The average Bonchev–Trinajstić information content (AvgIpc) is 1.97. The van der Waals surface area contributed by atoms with Crippen molar-refractivity contribution in [1.29, 1.82) is 0 Å². The summed E-state index contributed by atoms with van der Waals surface area (Å²) in [7, 11) is 0. The largest absolute Gasteiger partial charge is 0.382 e. The van der Waals surface area contributed by atoms with Crippen molar-refractivity contribution in [2.45, 2.75) is 39.0 Å². The molecule has 0 N–H and O–H groups in total. The van der Waals surface area contributed by atoms with Crippen LogP contribution in [0.4, 0.5) is 0 Å². The highest BCUT2D eigenvalue weighted by Gasteiger charge is 2.11. The van der Waals surface area contributed by atoms with Gasteiger partial charge in [-0.1, -0.05) is 13.3 Å². The molecule has 68 valence electrons. The molecule has 0 saturated heterocycles. The van der Waals surface area contributed by atoms with Crippen LogP contribution in [-0.4, -0.2) is 18.6 Å². The summed E-state index contributed by atoms with van der Waals surface area (Å²) in [6.07, 6.45) is 2.24. The zero-order valence-electron chi connectivity index (χ0n) is 7.77. The second-order valence-corrected chi connectivity index (χ2v) is 3.52. The van der Waals surface area contributed by atoms with Crippen molar-refractivity contribution < 1.29 is 4.74 Å². The van der Waals surface area contributed by atoms with Crippen LogP contribution in [0.1, 0.15) is 33.6 Å². The van der Waals surface area contributed by atoms with E-state index in [1.807, 2.05) is 6.92 Å². The minimum absolute atomic E-state index is 0.278. The molecule has 2 unspecified atom stereocenters. The standard InChI is InChI=1S/C9H19ClO/c1-4-9(8(3)10)6-7-11-5-2/h8-9H,4-7H2,1-3H3. The molecule has 0 aromatic heterocycles. The quantitative estimate of drug-likeness (QED) is 0.449. The van der Waals surface area contributed by atoms with Crippen LogP contribution in [0.25, 0.3) is 0 Å². The predicted octanol–water partition coefficient (Wildman–Crippen LogP) is 3.07. The van der Waals surface area contributed by atoms with E-state index in [2.05, 4.69) is 13.8 Å². The van der Waals surface area contributed by atoms with Crippen molar-refractivity contribution in [3.63, 3.8) is 0 Å². The van der Waals surface area contributed by atoms with Gasteiger partial charge in [0.05, 0.1) is 0 Å². The first-order valence-corrected chi connectivity index (χ1v) is 4.87. The van der Waals surface area contributed by atoms with Gasteiger partial charge in [0.2, 0.25) is 0 Å². The van der Waals surface area contributed by atoms with Crippen LogP contribution in [0, 0.1) is 5.92 Å². The molecule has 2 heteroatoms. The molecule has 0 bridgehead atoms. The van der Waals surface area contributed by atoms with E-state index in [-0.39, 0.29) is 5.38 Å². The fraction of sp³-hybridized carbons (Fsp3) is 1.00. The monoisotopic (exact) mass is 178 g/mol. The van der Waals surface area contributed by atoms with Crippen molar-refractivity contribution in [3.05, 3.63) is 0 Å². The first kappa shape index (κ1) is 11.2. The maximum Gasteiger partial charge on any atom is 0.0469 e. The van der Waals surface area contributed by atoms with E-state index in [0.29, 0.717) is 5.92 Å². The lowest BCUT2D eigenvalue weighted by Gasteiger charge is -2.16. The Morgan fingerprint density at radius 3 is 2.36 bits per heavy atom. The van der Waals surface area contributed by atoms with Crippen molar-refractivity contribution in [1.82, 2.24) is 0 Å². The van der Waals surface area contributed by atoms with Gasteiger partial charge in [0.1, 0.15) is 0 Å². The van der Waals surface area contributed by atoms with Crippen molar-refractivity contribution in [2.24, 2.45) is 5.92 Å². The van der Waals surface area contributed by atoms with Gasteiger partial charge in [0, 0.05) is 18.6 Å². The molecule has 1 nitrogen and oxygen atoms in total. The highest BCUT2D eigenvalue weighted by atomic mass is 35.5. The topological polar surface area (TPSA) is 9.23 Å². The Hall–Kier alpha value is 0.250. The van der Waals surface area contributed by atoms with Crippen LogP contribution < -0.4 is 0 Å². The van der Waals surface area contributed by atoms with E-state index in [9.17, 15) is 0 Å². The fourth-order valence-corrected chi connectivity index (χ4v) is 1.44. The third-order valence-electron chi connectivity index (χ3n) is 2.01. The summed E-state index contributed by atoms with van der Waals surface area (Å²) in [6.45, 7) is 7.92. The average molecular weight is 179 g/mol. The smallest absolute Gasteiger partial charge is 0.0469 e. The van der Waals surface area contributed by atoms with Crippen LogP contribution in [-0.2, 0) is 4.74 Å². The molecule has 2 atom stereocenters. The molecular formula is C9H19ClO. The summed E-state index contributed by atoms with van der Waals surface area (Å²) in [5.74, 6) is 0.614. The van der Waals surface area contributed by atoms with Gasteiger partial charge in [-0.15, -0.1) is 11.6 Å². The van der Waals surface area contributed by atoms with E-state index in [0.717, 1.165) is 26.1 Å². The van der Waals surface area contributed by atoms with E-state index < -0.39 is 0 Å². The first-order valence-electron chi connectivity index (χ1n) is 4.44. The Morgan fingerprint density at radius 2 is 2.00 bits per heavy atom. The molecular weight excluding hydrogens is 160 g/mol. The van der Waals surface area contributed by atoms with E-state index in [4.69, 9.17) is 16.3 Å². The lowest BCUT2D eigenvalue weighted by molar-refractivity contribution is 0.131. The number of hydrogen-bond acceptors (Lipinski definition) is 1. The second kappa shape index (κ2) is 6.93. The minimum Gasteiger partial charge on any atom is -0.382 e. The SMILES string of the molecule is CCOCCC(CC)C(C)Cl. The van der Waals surface area contributed by atoms with Crippen LogP contribution in [0.3, 0.4) is 0 Å². The molecule has 0 rings (SSSR count). The Kier molecular flexibility index (Phi) is 7.09. The molecule has 0 heterocycles. The Balaban J connectivity index is 3.36. The zero-order chi connectivity index (χ0) is 8.69. The van der Waals surface area contributed by atoms with E-state index in [1.165, 1.54) is 0 Å². The van der Waals surface area contributed by atoms with Gasteiger partial charge >= 0.3 is 0 Å². The molecule has 0 fully saturated rings. The lowest BCUT2D eigenvalue weighted by atomic mass is 10.00. The van der Waals surface area contributed by atoms with E-state index in [1.54, 1.807) is 0 Å². The summed E-state index contributed by atoms with van der Waals surface area (Å²) in [5, 5.41) is 0.278. The number of halogens is 1. The van der Waals surface area contributed by atoms with Gasteiger partial charge in [0.15, 0.2) is 0 Å². The summed E-state index contributed by atoms with van der Waals surface area (Å²) in [5.41, 5.74) is 0. The predicted molar refractivity (Wildman–Crippen MR) is 50.2 cm³/mol. The van der Waals surface area contributed by atoms with Gasteiger partial charge in [-0.05, 0) is 26.2 Å². The Morgan fingerprint density at radius 1 is 1.36 bits per heavy atom. The molecule has 11 heavy (non-hydrogen) atoms. The van der Waals surface area contributed by atoms with Crippen molar-refractivity contribution >= 4 is 11.6 Å². The van der Waals surface area contributed by atoms with Gasteiger partial charge in [-0.25, -0.2) is 0 Å². The van der Waals surface area contributed by atoms with Gasteiger partial charge in [-0.3, -0.25) is 0 Å². The summed E-state index contributed by atoms with van der Waals surface area (Å²) >= 11 is 5.97. The normalized spacial score (nSPS) is 16.4. The summed E-state index contributed by atoms with van der Waals surface area (Å²) in [4.78, 5) is 0.